The molecule has 0 spiro atoms. The molecule has 84 valence electrons. The predicted octanol–water partition coefficient (Wildman–Crippen LogP) is 3.37. The molecule has 1 aromatic carbocycles. The van der Waals surface area contributed by atoms with Gasteiger partial charge in [-0.05, 0) is 28.9 Å². The third kappa shape index (κ3) is 3.67. The Hall–Kier alpha value is -0.820. The second-order valence-corrected chi connectivity index (χ2v) is 5.40. The Balaban J connectivity index is 2.82. The maximum Gasteiger partial charge on any atom is 0.0485 e. The quantitative estimate of drug-likeness (QED) is 0.800. The first-order valence-electron chi connectivity index (χ1n) is 5.64. The molecule has 0 aromatic heterocycles. The largest absolute Gasteiger partial charge is 0.396 e. The zero-order valence-corrected chi connectivity index (χ0v) is 10.2. The van der Waals surface area contributed by atoms with Crippen molar-refractivity contribution < 1.29 is 5.11 Å². The third-order valence-electron chi connectivity index (χ3n) is 2.73. The molecular formula is C14H22O. The summed E-state index contributed by atoms with van der Waals surface area (Å²) >= 11 is 0. The molecule has 0 unspecified atom stereocenters. The van der Waals surface area contributed by atoms with Crippen LogP contribution in [0.2, 0.25) is 0 Å². The van der Waals surface area contributed by atoms with Crippen molar-refractivity contribution in [2.24, 2.45) is 5.41 Å². The van der Waals surface area contributed by atoms with E-state index >= 15 is 0 Å². The van der Waals surface area contributed by atoms with Crippen molar-refractivity contribution >= 4 is 0 Å². The second-order valence-electron chi connectivity index (χ2n) is 5.40. The van der Waals surface area contributed by atoms with E-state index in [4.69, 9.17) is 0 Å². The van der Waals surface area contributed by atoms with Crippen molar-refractivity contribution in [1.82, 2.24) is 0 Å². The van der Waals surface area contributed by atoms with Crippen molar-refractivity contribution in [2.75, 3.05) is 6.61 Å². The van der Waals surface area contributed by atoms with Crippen LogP contribution < -0.4 is 0 Å². The number of aliphatic hydroxyl groups excluding tert-OH is 1. The number of hydrogen-bond acceptors (Lipinski definition) is 1. The Kier molecular flexibility index (Phi) is 3.92. The van der Waals surface area contributed by atoms with E-state index < -0.39 is 0 Å². The maximum absolute atomic E-state index is 9.23. The van der Waals surface area contributed by atoms with Crippen LogP contribution in [-0.4, -0.2) is 11.7 Å². The molecule has 0 amide bonds. The van der Waals surface area contributed by atoms with Crippen molar-refractivity contribution in [2.45, 2.75) is 40.0 Å². The minimum absolute atomic E-state index is 0.0183. The summed E-state index contributed by atoms with van der Waals surface area (Å²) in [5.74, 6) is 0.571. The Morgan fingerprint density at radius 2 is 1.93 bits per heavy atom. The van der Waals surface area contributed by atoms with E-state index in [0.717, 1.165) is 6.42 Å². The zero-order valence-electron chi connectivity index (χ0n) is 10.2. The molecule has 0 aliphatic heterocycles. The van der Waals surface area contributed by atoms with Crippen LogP contribution in [0.3, 0.4) is 0 Å². The summed E-state index contributed by atoms with van der Waals surface area (Å²) in [6.07, 6.45) is 0.935. The van der Waals surface area contributed by atoms with Gasteiger partial charge in [-0.2, -0.15) is 0 Å². The minimum Gasteiger partial charge on any atom is -0.396 e. The molecule has 0 fully saturated rings. The van der Waals surface area contributed by atoms with Gasteiger partial charge in [0, 0.05) is 6.61 Å². The fourth-order valence-corrected chi connectivity index (χ4v) is 1.67. The van der Waals surface area contributed by atoms with Gasteiger partial charge in [0.15, 0.2) is 0 Å². The predicted molar refractivity (Wildman–Crippen MR) is 65.1 cm³/mol. The monoisotopic (exact) mass is 206 g/mol. The first-order valence-corrected chi connectivity index (χ1v) is 5.64. The van der Waals surface area contributed by atoms with E-state index in [2.05, 4.69) is 52.0 Å². The van der Waals surface area contributed by atoms with Crippen molar-refractivity contribution in [3.63, 3.8) is 0 Å². The van der Waals surface area contributed by atoms with E-state index in [1.165, 1.54) is 11.1 Å². The van der Waals surface area contributed by atoms with Gasteiger partial charge in [-0.25, -0.2) is 0 Å². The number of hydrogen-bond donors (Lipinski definition) is 1. The van der Waals surface area contributed by atoms with E-state index in [1.807, 2.05) is 0 Å². The van der Waals surface area contributed by atoms with Gasteiger partial charge in [0.25, 0.3) is 0 Å². The molecule has 1 nitrogen and oxygen atoms in total. The maximum atomic E-state index is 9.23. The summed E-state index contributed by atoms with van der Waals surface area (Å²) in [6, 6.07) is 8.67. The summed E-state index contributed by atoms with van der Waals surface area (Å²) in [5.41, 5.74) is 2.68. The van der Waals surface area contributed by atoms with Gasteiger partial charge in [0.05, 0.1) is 0 Å². The Morgan fingerprint density at radius 3 is 2.47 bits per heavy atom. The van der Waals surface area contributed by atoms with Gasteiger partial charge >= 0.3 is 0 Å². The molecule has 1 N–H and O–H groups in total. The summed E-state index contributed by atoms with van der Waals surface area (Å²) in [4.78, 5) is 0. The summed E-state index contributed by atoms with van der Waals surface area (Å²) < 4.78 is 0. The van der Waals surface area contributed by atoms with Crippen LogP contribution in [0, 0.1) is 5.41 Å². The molecule has 0 bridgehead atoms. The van der Waals surface area contributed by atoms with Crippen LogP contribution in [-0.2, 0) is 6.42 Å². The van der Waals surface area contributed by atoms with Crippen LogP contribution >= 0.6 is 0 Å². The van der Waals surface area contributed by atoms with E-state index in [-0.39, 0.29) is 12.0 Å². The van der Waals surface area contributed by atoms with Crippen LogP contribution in [0.4, 0.5) is 0 Å². The van der Waals surface area contributed by atoms with Crippen LogP contribution in [0.1, 0.15) is 44.7 Å². The van der Waals surface area contributed by atoms with Crippen LogP contribution in [0.15, 0.2) is 24.3 Å². The van der Waals surface area contributed by atoms with Crippen molar-refractivity contribution in [3.8, 4) is 0 Å². The molecule has 1 heteroatoms. The Morgan fingerprint density at radius 1 is 1.27 bits per heavy atom. The van der Waals surface area contributed by atoms with Gasteiger partial charge in [-0.1, -0.05) is 52.0 Å². The molecule has 0 saturated carbocycles. The lowest BCUT2D eigenvalue weighted by molar-refractivity contribution is 0.159. The molecule has 0 aliphatic rings. The van der Waals surface area contributed by atoms with E-state index in [0.29, 0.717) is 5.92 Å². The molecular weight excluding hydrogens is 184 g/mol. The smallest absolute Gasteiger partial charge is 0.0485 e. The second kappa shape index (κ2) is 4.80. The van der Waals surface area contributed by atoms with Crippen LogP contribution in [0.5, 0.6) is 0 Å². The standard InChI is InChI=1S/C14H22O/c1-11(2)13-7-5-6-12(8-13)9-14(3,4)10-15/h5-8,11,15H,9-10H2,1-4H3. The Bertz CT molecular complexity index is 313. The average Bonchev–Trinajstić information content (AvgIpc) is 2.17. The van der Waals surface area contributed by atoms with Gasteiger partial charge in [-0.3, -0.25) is 0 Å². The first kappa shape index (κ1) is 12.3. The minimum atomic E-state index is -0.0183. The fraction of sp³-hybridized carbons (Fsp3) is 0.571. The number of rotatable bonds is 4. The van der Waals surface area contributed by atoms with Gasteiger partial charge in [0.1, 0.15) is 0 Å². The molecule has 1 aromatic rings. The highest BCUT2D eigenvalue weighted by Crippen LogP contribution is 2.23. The topological polar surface area (TPSA) is 20.2 Å². The van der Waals surface area contributed by atoms with E-state index in [1.54, 1.807) is 0 Å². The molecule has 0 heterocycles. The average molecular weight is 206 g/mol. The van der Waals surface area contributed by atoms with Gasteiger partial charge in [0.2, 0.25) is 0 Å². The highest BCUT2D eigenvalue weighted by atomic mass is 16.3. The van der Waals surface area contributed by atoms with Gasteiger partial charge in [-0.15, -0.1) is 0 Å². The first-order chi connectivity index (χ1) is 6.94. The zero-order chi connectivity index (χ0) is 11.5. The SMILES string of the molecule is CC(C)c1cccc(CC(C)(C)CO)c1. The summed E-state index contributed by atoms with van der Waals surface area (Å²) in [5, 5.41) is 9.23. The van der Waals surface area contributed by atoms with Crippen molar-refractivity contribution in [3.05, 3.63) is 35.4 Å². The molecule has 0 radical (unpaired) electrons. The fourth-order valence-electron chi connectivity index (χ4n) is 1.67. The van der Waals surface area contributed by atoms with E-state index in [9.17, 15) is 5.11 Å². The highest BCUT2D eigenvalue weighted by molar-refractivity contribution is 5.26. The lowest BCUT2D eigenvalue weighted by atomic mass is 9.85. The summed E-state index contributed by atoms with van der Waals surface area (Å²) in [7, 11) is 0. The van der Waals surface area contributed by atoms with Crippen LogP contribution in [0.25, 0.3) is 0 Å². The molecule has 0 atom stereocenters. The highest BCUT2D eigenvalue weighted by Gasteiger charge is 2.17. The Labute approximate surface area is 93.1 Å². The van der Waals surface area contributed by atoms with Gasteiger partial charge < -0.3 is 5.11 Å². The molecule has 15 heavy (non-hydrogen) atoms. The third-order valence-corrected chi connectivity index (χ3v) is 2.73. The normalized spacial score (nSPS) is 12.1. The molecule has 0 aliphatic carbocycles. The summed E-state index contributed by atoms with van der Waals surface area (Å²) in [6.45, 7) is 8.83. The number of aliphatic hydroxyl groups is 1. The lowest BCUT2D eigenvalue weighted by Crippen LogP contribution is -2.19. The van der Waals surface area contributed by atoms with Crippen molar-refractivity contribution in [1.29, 1.82) is 0 Å². The lowest BCUT2D eigenvalue weighted by Gasteiger charge is -2.22. The number of benzene rings is 1. The molecule has 1 rings (SSSR count). The molecule has 0 saturated heterocycles.